The monoisotopic (exact) mass is 484 g/mol. The number of hydrogen-bond acceptors (Lipinski definition) is 5. The number of H-pyrrole nitrogens is 1. The molecule has 1 N–H and O–H groups in total. The van der Waals surface area contributed by atoms with E-state index < -0.39 is 0 Å². The molecular formula is C29H36N6O. The molecule has 5 rings (SSSR count). The highest BCUT2D eigenvalue weighted by molar-refractivity contribution is 5.79. The third-order valence-corrected chi connectivity index (χ3v) is 7.49. The first-order chi connectivity index (χ1) is 17.7. The minimum atomic E-state index is -0.0320. The molecule has 1 saturated carbocycles. The minimum Gasteiger partial charge on any atom is -0.322 e. The second-order valence-electron chi connectivity index (χ2n) is 10.0. The maximum Gasteiger partial charge on any atom is 0.252 e. The van der Waals surface area contributed by atoms with Gasteiger partial charge in [0, 0.05) is 24.2 Å². The van der Waals surface area contributed by atoms with Crippen LogP contribution in [0.25, 0.3) is 10.9 Å². The van der Waals surface area contributed by atoms with Crippen molar-refractivity contribution in [1.29, 1.82) is 0 Å². The van der Waals surface area contributed by atoms with Crippen molar-refractivity contribution < 1.29 is 0 Å². The molecule has 1 aliphatic rings. The van der Waals surface area contributed by atoms with Gasteiger partial charge >= 0.3 is 0 Å². The topological polar surface area (TPSA) is 79.7 Å². The van der Waals surface area contributed by atoms with Crippen LogP contribution in [0.5, 0.6) is 0 Å². The third-order valence-electron chi connectivity index (χ3n) is 7.49. The summed E-state index contributed by atoms with van der Waals surface area (Å²) in [5.41, 5.74) is 4.10. The fourth-order valence-electron chi connectivity index (χ4n) is 5.53. The number of tetrazole rings is 1. The van der Waals surface area contributed by atoms with E-state index in [-0.39, 0.29) is 11.6 Å². The zero-order valence-corrected chi connectivity index (χ0v) is 21.4. The van der Waals surface area contributed by atoms with Gasteiger partial charge in [-0.2, -0.15) is 0 Å². The Kier molecular flexibility index (Phi) is 7.56. The maximum absolute atomic E-state index is 13.2. The number of aromatic nitrogens is 5. The molecule has 1 atom stereocenters. The van der Waals surface area contributed by atoms with E-state index >= 15 is 0 Å². The SMILES string of the molecule is CCC[C@H](c1nnnn1C1CCCC1)N(Cc1ccccc1)Cc1cc2cc(CC)ccc2[nH]c1=O. The minimum absolute atomic E-state index is 0.0166. The Hall–Kier alpha value is -3.32. The third kappa shape index (κ3) is 5.26. The quantitative estimate of drug-likeness (QED) is 0.311. The number of pyridine rings is 1. The smallest absolute Gasteiger partial charge is 0.252 e. The number of benzene rings is 2. The van der Waals surface area contributed by atoms with Crippen molar-refractivity contribution in [3.63, 3.8) is 0 Å². The van der Waals surface area contributed by atoms with Crippen LogP contribution in [-0.4, -0.2) is 30.1 Å². The first-order valence-electron chi connectivity index (χ1n) is 13.4. The summed E-state index contributed by atoms with van der Waals surface area (Å²) in [6.45, 7) is 5.60. The summed E-state index contributed by atoms with van der Waals surface area (Å²) < 4.78 is 2.07. The molecular weight excluding hydrogens is 448 g/mol. The maximum atomic E-state index is 13.2. The number of nitrogens with one attached hydrogen (secondary N) is 1. The lowest BCUT2D eigenvalue weighted by Gasteiger charge is -2.31. The lowest BCUT2D eigenvalue weighted by molar-refractivity contribution is 0.153. The number of fused-ring (bicyclic) bond motifs is 1. The molecule has 1 fully saturated rings. The van der Waals surface area contributed by atoms with Crippen LogP contribution in [0.15, 0.2) is 59.4 Å². The Morgan fingerprint density at radius 2 is 1.83 bits per heavy atom. The summed E-state index contributed by atoms with van der Waals surface area (Å²) in [4.78, 5) is 18.7. The predicted octanol–water partition coefficient (Wildman–Crippen LogP) is 5.74. The van der Waals surface area contributed by atoms with Crippen molar-refractivity contribution in [3.05, 3.63) is 87.5 Å². The lowest BCUT2D eigenvalue weighted by Crippen LogP contribution is -2.33. The Balaban J connectivity index is 1.54. The van der Waals surface area contributed by atoms with Gasteiger partial charge in [-0.15, -0.1) is 5.10 Å². The highest BCUT2D eigenvalue weighted by Gasteiger charge is 2.30. The number of aryl methyl sites for hydroxylation is 1. The fourth-order valence-corrected chi connectivity index (χ4v) is 5.53. The van der Waals surface area contributed by atoms with Crippen molar-refractivity contribution in [3.8, 4) is 0 Å². The zero-order chi connectivity index (χ0) is 24.9. The van der Waals surface area contributed by atoms with Crippen LogP contribution >= 0.6 is 0 Å². The van der Waals surface area contributed by atoms with Crippen LogP contribution in [0.3, 0.4) is 0 Å². The Bertz CT molecular complexity index is 1340. The summed E-state index contributed by atoms with van der Waals surface area (Å²) in [7, 11) is 0. The highest BCUT2D eigenvalue weighted by Crippen LogP contribution is 2.34. The molecule has 1 aliphatic carbocycles. The van der Waals surface area contributed by atoms with E-state index in [0.717, 1.165) is 60.9 Å². The molecule has 188 valence electrons. The average Bonchev–Trinajstić information content (AvgIpc) is 3.60. The Morgan fingerprint density at radius 1 is 1.03 bits per heavy atom. The fraction of sp³-hybridized carbons (Fsp3) is 0.448. The van der Waals surface area contributed by atoms with E-state index in [1.54, 1.807) is 0 Å². The van der Waals surface area contributed by atoms with Crippen LogP contribution in [-0.2, 0) is 19.5 Å². The number of rotatable bonds is 10. The van der Waals surface area contributed by atoms with Gasteiger partial charge in [-0.1, -0.05) is 69.5 Å². The largest absolute Gasteiger partial charge is 0.322 e. The van der Waals surface area contributed by atoms with Gasteiger partial charge in [0.25, 0.3) is 5.56 Å². The molecule has 0 bridgehead atoms. The van der Waals surface area contributed by atoms with Crippen LogP contribution in [0.4, 0.5) is 0 Å². The van der Waals surface area contributed by atoms with Gasteiger partial charge in [0.1, 0.15) is 0 Å². The highest BCUT2D eigenvalue weighted by atomic mass is 16.1. The van der Waals surface area contributed by atoms with Gasteiger partial charge in [0.15, 0.2) is 5.82 Å². The second-order valence-corrected chi connectivity index (χ2v) is 10.0. The van der Waals surface area contributed by atoms with Crippen molar-refractivity contribution in [2.75, 3.05) is 0 Å². The summed E-state index contributed by atoms with van der Waals surface area (Å²) in [6, 6.07) is 19.2. The second kappa shape index (κ2) is 11.2. The summed E-state index contributed by atoms with van der Waals surface area (Å²) in [6.07, 6.45) is 7.59. The number of hydrogen-bond donors (Lipinski definition) is 1. The van der Waals surface area contributed by atoms with Gasteiger partial charge in [-0.05, 0) is 70.8 Å². The number of aromatic amines is 1. The van der Waals surface area contributed by atoms with E-state index in [1.807, 2.05) is 12.1 Å². The molecule has 0 saturated heterocycles. The summed E-state index contributed by atoms with van der Waals surface area (Å²) >= 11 is 0. The molecule has 7 heteroatoms. The average molecular weight is 485 g/mol. The Labute approximate surface area is 212 Å². The molecule has 2 heterocycles. The molecule has 7 nitrogen and oxygen atoms in total. The van der Waals surface area contributed by atoms with Crippen molar-refractivity contribution in [2.24, 2.45) is 0 Å². The molecule has 0 unspecified atom stereocenters. The predicted molar refractivity (Wildman–Crippen MR) is 143 cm³/mol. The van der Waals surface area contributed by atoms with Gasteiger partial charge in [0.05, 0.1) is 12.1 Å². The zero-order valence-electron chi connectivity index (χ0n) is 21.4. The van der Waals surface area contributed by atoms with Crippen molar-refractivity contribution in [2.45, 2.75) is 84.0 Å². The van der Waals surface area contributed by atoms with Gasteiger partial charge in [0.2, 0.25) is 0 Å². The molecule has 0 radical (unpaired) electrons. The lowest BCUT2D eigenvalue weighted by atomic mass is 10.0. The number of nitrogens with zero attached hydrogens (tertiary/aromatic N) is 5. The van der Waals surface area contributed by atoms with E-state index in [1.165, 1.54) is 24.0 Å². The normalized spacial score (nSPS) is 15.2. The van der Waals surface area contributed by atoms with Crippen LogP contribution in [0, 0.1) is 0 Å². The first kappa shape index (κ1) is 24.4. The van der Waals surface area contributed by atoms with Crippen LogP contribution < -0.4 is 5.56 Å². The van der Waals surface area contributed by atoms with Crippen LogP contribution in [0.1, 0.15) is 87.0 Å². The molecule has 2 aromatic heterocycles. The standard InChI is InChI=1S/C29H36N6O/c1-3-10-27(28-31-32-33-35(28)25-13-8-9-14-25)34(19-22-11-6-5-7-12-22)20-24-18-23-17-21(4-2)15-16-26(23)30-29(24)36/h5-7,11-12,15-18,25,27H,3-4,8-10,13-14,19-20H2,1-2H3,(H,30,36)/t27-/m1/s1. The summed E-state index contributed by atoms with van der Waals surface area (Å²) in [5.74, 6) is 0.921. The van der Waals surface area contributed by atoms with E-state index in [0.29, 0.717) is 12.6 Å². The molecule has 2 aromatic carbocycles. The van der Waals surface area contributed by atoms with Crippen LogP contribution in [0.2, 0.25) is 0 Å². The van der Waals surface area contributed by atoms with E-state index in [2.05, 4.69) is 86.4 Å². The first-order valence-corrected chi connectivity index (χ1v) is 13.4. The molecule has 4 aromatic rings. The van der Waals surface area contributed by atoms with Gasteiger partial charge in [-0.3, -0.25) is 9.69 Å². The molecule has 0 spiro atoms. The van der Waals surface area contributed by atoms with Crippen molar-refractivity contribution in [1.82, 2.24) is 30.1 Å². The Morgan fingerprint density at radius 3 is 2.58 bits per heavy atom. The molecule has 0 aliphatic heterocycles. The van der Waals surface area contributed by atoms with Gasteiger partial charge < -0.3 is 4.98 Å². The van der Waals surface area contributed by atoms with E-state index in [4.69, 9.17) is 0 Å². The molecule has 36 heavy (non-hydrogen) atoms. The van der Waals surface area contributed by atoms with Crippen molar-refractivity contribution >= 4 is 10.9 Å². The van der Waals surface area contributed by atoms with Gasteiger partial charge in [-0.25, -0.2) is 4.68 Å². The van der Waals surface area contributed by atoms with E-state index in [9.17, 15) is 4.79 Å². The summed E-state index contributed by atoms with van der Waals surface area (Å²) in [5, 5.41) is 14.2. The molecule has 0 amide bonds.